The molecule has 0 aliphatic carbocycles. The molecular weight excluding hydrogens is 748 g/mol. The van der Waals surface area contributed by atoms with Crippen LogP contribution in [0.25, 0.3) is 22.3 Å². The number of methoxy groups -OCH3 is 5. The Balaban J connectivity index is 1.31. The molecule has 0 aliphatic rings. The summed E-state index contributed by atoms with van der Waals surface area (Å²) in [5, 5.41) is 7.82. The van der Waals surface area contributed by atoms with Crippen LogP contribution in [0, 0.1) is 0 Å². The second-order valence-corrected chi connectivity index (χ2v) is 13.4. The van der Waals surface area contributed by atoms with Crippen molar-refractivity contribution >= 4 is 48.8 Å². The molecule has 49 heavy (non-hydrogen) atoms. The van der Waals surface area contributed by atoms with Crippen LogP contribution in [0.2, 0.25) is 0 Å². The van der Waals surface area contributed by atoms with Crippen molar-refractivity contribution in [2.45, 2.75) is 23.0 Å². The standard InChI is InChI=1S/C32H31BrN2O12S2/c1-39-20-16-22(40-2)26-23(17-20)45-28(18-14-24(41-3)29(43-5)25(15-18)42-4)30(27(26)36)44-12-6-7-13-48-32-35-34-31(46-32)47-49(37,38)21-10-8-19(33)9-11-21/h8-11,14-17H,6-7,12-13H2,1-5H3. The second-order valence-electron chi connectivity index (χ2n) is 9.94. The van der Waals surface area contributed by atoms with Crippen LogP contribution >= 0.6 is 27.7 Å². The van der Waals surface area contributed by atoms with Crippen molar-refractivity contribution in [2.24, 2.45) is 0 Å². The normalized spacial score (nSPS) is 11.3. The Hall–Kier alpha value is -4.61. The highest BCUT2D eigenvalue weighted by molar-refractivity contribution is 9.10. The van der Waals surface area contributed by atoms with Crippen molar-refractivity contribution in [1.82, 2.24) is 10.2 Å². The SMILES string of the molecule is COc1cc(OC)c2c(=O)c(OCCCCSc3nnc(OS(=O)(=O)c4ccc(Br)cc4)o3)c(-c3cc(OC)c(OC)c(OC)c3)oc2c1. The van der Waals surface area contributed by atoms with Crippen molar-refractivity contribution in [3.8, 4) is 51.9 Å². The molecule has 5 rings (SSSR count). The van der Waals surface area contributed by atoms with E-state index in [2.05, 4.69) is 26.1 Å². The van der Waals surface area contributed by atoms with E-state index < -0.39 is 21.6 Å². The Morgan fingerprint density at radius 3 is 2.12 bits per heavy atom. The summed E-state index contributed by atoms with van der Waals surface area (Å²) < 4.78 is 75.8. The summed E-state index contributed by atoms with van der Waals surface area (Å²) in [5.74, 6) is 2.38. The van der Waals surface area contributed by atoms with Gasteiger partial charge in [-0.15, -0.1) is 0 Å². The minimum Gasteiger partial charge on any atom is -0.496 e. The van der Waals surface area contributed by atoms with E-state index in [0.717, 1.165) is 0 Å². The molecule has 0 N–H and O–H groups in total. The largest absolute Gasteiger partial charge is 0.496 e. The van der Waals surface area contributed by atoms with Crippen LogP contribution in [-0.4, -0.2) is 66.5 Å². The molecule has 260 valence electrons. The molecule has 0 unspecified atom stereocenters. The number of nitrogens with zero attached hydrogens (tertiary/aromatic N) is 2. The number of hydrogen-bond donors (Lipinski definition) is 0. The van der Waals surface area contributed by atoms with Gasteiger partial charge in [0, 0.05) is 27.9 Å². The van der Waals surface area contributed by atoms with Crippen molar-refractivity contribution in [2.75, 3.05) is 47.9 Å². The quantitative estimate of drug-likeness (QED) is 0.0615. The first-order valence-corrected chi connectivity index (χ1v) is 17.6. The molecule has 0 radical (unpaired) electrons. The van der Waals surface area contributed by atoms with E-state index in [1.807, 2.05) is 0 Å². The van der Waals surface area contributed by atoms with Gasteiger partial charge in [0.1, 0.15) is 27.4 Å². The summed E-state index contributed by atoms with van der Waals surface area (Å²) >= 11 is 4.47. The molecule has 14 nitrogen and oxygen atoms in total. The van der Waals surface area contributed by atoms with E-state index >= 15 is 0 Å². The summed E-state index contributed by atoms with van der Waals surface area (Å²) in [6.07, 6.45) is 0.637. The number of halogens is 1. The van der Waals surface area contributed by atoms with Gasteiger partial charge in [-0.3, -0.25) is 4.79 Å². The highest BCUT2D eigenvalue weighted by Gasteiger charge is 2.25. The molecule has 0 amide bonds. The molecule has 2 heterocycles. The average molecular weight is 780 g/mol. The molecule has 3 aromatic carbocycles. The summed E-state index contributed by atoms with van der Waals surface area (Å²) in [6.45, 7) is 0.149. The van der Waals surface area contributed by atoms with Crippen LogP contribution in [0.5, 0.6) is 40.6 Å². The zero-order chi connectivity index (χ0) is 35.1. The number of hydrogen-bond acceptors (Lipinski definition) is 15. The van der Waals surface area contributed by atoms with Crippen molar-refractivity contribution in [1.29, 1.82) is 0 Å². The lowest BCUT2D eigenvalue weighted by Gasteiger charge is -2.17. The zero-order valence-electron chi connectivity index (χ0n) is 26.9. The fourth-order valence-electron chi connectivity index (χ4n) is 4.63. The van der Waals surface area contributed by atoms with E-state index in [4.69, 9.17) is 41.4 Å². The lowest BCUT2D eigenvalue weighted by atomic mass is 10.1. The highest BCUT2D eigenvalue weighted by atomic mass is 79.9. The number of benzene rings is 3. The Morgan fingerprint density at radius 1 is 0.796 bits per heavy atom. The summed E-state index contributed by atoms with van der Waals surface area (Å²) in [7, 11) is 3.25. The number of thioether (sulfide) groups is 1. The molecule has 0 atom stereocenters. The van der Waals surface area contributed by atoms with Gasteiger partial charge in [0.05, 0.1) is 42.2 Å². The Bertz CT molecular complexity index is 2080. The van der Waals surface area contributed by atoms with E-state index in [0.29, 0.717) is 51.6 Å². The van der Waals surface area contributed by atoms with Crippen LogP contribution in [0.4, 0.5) is 0 Å². The maximum Gasteiger partial charge on any atom is 0.431 e. The van der Waals surface area contributed by atoms with E-state index in [1.54, 1.807) is 36.4 Å². The first kappa shape index (κ1) is 35.7. The van der Waals surface area contributed by atoms with Crippen LogP contribution in [0.15, 0.2) is 76.8 Å². The molecule has 2 aromatic heterocycles. The van der Waals surface area contributed by atoms with Crippen LogP contribution < -0.4 is 38.0 Å². The van der Waals surface area contributed by atoms with Gasteiger partial charge in [-0.05, 0) is 49.2 Å². The zero-order valence-corrected chi connectivity index (χ0v) is 30.2. The maximum absolute atomic E-state index is 14.0. The minimum absolute atomic E-state index is 0.0384. The summed E-state index contributed by atoms with van der Waals surface area (Å²) in [5.41, 5.74) is 0.217. The molecular formula is C32H31BrN2O12S2. The fourth-order valence-corrected chi connectivity index (χ4v) is 6.46. The maximum atomic E-state index is 14.0. The Kier molecular flexibility index (Phi) is 11.5. The van der Waals surface area contributed by atoms with Gasteiger partial charge in [-0.1, -0.05) is 37.9 Å². The molecule has 0 aliphatic heterocycles. The van der Waals surface area contributed by atoms with Crippen molar-refractivity contribution in [3.63, 3.8) is 0 Å². The van der Waals surface area contributed by atoms with Gasteiger partial charge in [-0.25, -0.2) is 0 Å². The third kappa shape index (κ3) is 8.00. The Morgan fingerprint density at radius 2 is 1.49 bits per heavy atom. The minimum atomic E-state index is -4.15. The van der Waals surface area contributed by atoms with Gasteiger partial charge >= 0.3 is 16.2 Å². The molecule has 0 saturated carbocycles. The predicted octanol–water partition coefficient (Wildman–Crippen LogP) is 6.37. The number of aromatic nitrogens is 2. The van der Waals surface area contributed by atoms with Crippen LogP contribution in [0.3, 0.4) is 0 Å². The highest BCUT2D eigenvalue weighted by Crippen LogP contribution is 2.44. The molecule has 0 saturated heterocycles. The lowest BCUT2D eigenvalue weighted by molar-refractivity contribution is 0.301. The number of fused-ring (bicyclic) bond motifs is 1. The van der Waals surface area contributed by atoms with E-state index in [1.165, 1.54) is 59.4 Å². The van der Waals surface area contributed by atoms with Crippen LogP contribution in [-0.2, 0) is 10.1 Å². The second kappa shape index (κ2) is 15.7. The summed E-state index contributed by atoms with van der Waals surface area (Å²) in [6, 6.07) is 12.4. The van der Waals surface area contributed by atoms with E-state index in [-0.39, 0.29) is 45.0 Å². The van der Waals surface area contributed by atoms with Gasteiger partial charge in [0.15, 0.2) is 17.3 Å². The molecule has 0 fully saturated rings. The molecule has 0 spiro atoms. The van der Waals surface area contributed by atoms with Gasteiger partial charge < -0.3 is 41.4 Å². The van der Waals surface area contributed by atoms with Crippen LogP contribution in [0.1, 0.15) is 12.8 Å². The molecule has 5 aromatic rings. The number of unbranched alkanes of at least 4 members (excludes halogenated alkanes) is 1. The van der Waals surface area contributed by atoms with Gasteiger partial charge in [0.2, 0.25) is 16.9 Å². The summed E-state index contributed by atoms with van der Waals surface area (Å²) in [4.78, 5) is 13.9. The third-order valence-electron chi connectivity index (χ3n) is 6.96. The average Bonchev–Trinajstić information content (AvgIpc) is 3.55. The molecule has 0 bridgehead atoms. The smallest absolute Gasteiger partial charge is 0.431 e. The predicted molar refractivity (Wildman–Crippen MR) is 182 cm³/mol. The van der Waals surface area contributed by atoms with Gasteiger partial charge in [0.25, 0.3) is 5.22 Å². The first-order chi connectivity index (χ1) is 23.6. The first-order valence-electron chi connectivity index (χ1n) is 14.4. The lowest BCUT2D eigenvalue weighted by Crippen LogP contribution is -2.12. The van der Waals surface area contributed by atoms with Gasteiger partial charge in [-0.2, -0.15) is 8.42 Å². The third-order valence-corrected chi connectivity index (χ3v) is 9.60. The molecule has 17 heteroatoms. The number of rotatable bonds is 16. The Labute approximate surface area is 293 Å². The fraction of sp³-hybridized carbons (Fsp3) is 0.281. The van der Waals surface area contributed by atoms with E-state index in [9.17, 15) is 13.2 Å². The number of ether oxygens (including phenoxy) is 6. The topological polar surface area (TPSA) is 168 Å². The van der Waals surface area contributed by atoms with Crippen molar-refractivity contribution < 1.29 is 49.9 Å². The monoisotopic (exact) mass is 778 g/mol. The van der Waals surface area contributed by atoms with Crippen molar-refractivity contribution in [3.05, 3.63) is 63.2 Å².